The third-order valence-corrected chi connectivity index (χ3v) is 3.74. The topological polar surface area (TPSA) is 55.6 Å². The summed E-state index contributed by atoms with van der Waals surface area (Å²) in [6.45, 7) is 1.72. The van der Waals surface area contributed by atoms with Gasteiger partial charge in [-0.2, -0.15) is 4.98 Å². The second-order valence-corrected chi connectivity index (χ2v) is 5.14. The van der Waals surface area contributed by atoms with Gasteiger partial charge >= 0.3 is 0 Å². The summed E-state index contributed by atoms with van der Waals surface area (Å²) >= 11 is 0. The van der Waals surface area contributed by atoms with E-state index >= 15 is 0 Å². The molecule has 0 spiro atoms. The van der Waals surface area contributed by atoms with Crippen LogP contribution in [0.15, 0.2) is 54.7 Å². The molecule has 0 bridgehead atoms. The van der Waals surface area contributed by atoms with E-state index in [0.717, 1.165) is 24.7 Å². The summed E-state index contributed by atoms with van der Waals surface area (Å²) in [6.07, 6.45) is 1.76. The van der Waals surface area contributed by atoms with Gasteiger partial charge in [-0.05, 0) is 17.7 Å². The number of nitrogens with one attached hydrogen (secondary N) is 1. The molecule has 5 heteroatoms. The number of hydrogen-bond donors (Lipinski definition) is 1. The molecule has 1 unspecified atom stereocenters. The molecule has 0 radical (unpaired) electrons. The highest BCUT2D eigenvalue weighted by atomic mass is 15.4. The van der Waals surface area contributed by atoms with Gasteiger partial charge in [0, 0.05) is 18.7 Å². The Morgan fingerprint density at radius 2 is 1.90 bits per heavy atom. The molecule has 21 heavy (non-hydrogen) atoms. The molecule has 1 aliphatic rings. The molecule has 3 aromatic rings. The molecule has 0 saturated carbocycles. The van der Waals surface area contributed by atoms with E-state index in [4.69, 9.17) is 0 Å². The summed E-state index contributed by atoms with van der Waals surface area (Å²) in [5.41, 5.74) is 2.13. The fraction of sp³-hybridized carbons (Fsp3) is 0.188. The van der Waals surface area contributed by atoms with Gasteiger partial charge in [-0.3, -0.25) is 4.98 Å². The maximum Gasteiger partial charge on any atom is 0.221 e. The summed E-state index contributed by atoms with van der Waals surface area (Å²) in [7, 11) is 0. The van der Waals surface area contributed by atoms with Crippen LogP contribution in [0.25, 0.3) is 11.5 Å². The number of fused-ring (bicyclic) bond motifs is 1. The molecule has 0 aliphatic carbocycles. The van der Waals surface area contributed by atoms with Gasteiger partial charge in [-0.1, -0.05) is 36.4 Å². The van der Waals surface area contributed by atoms with Gasteiger partial charge in [0.25, 0.3) is 0 Å². The minimum absolute atomic E-state index is 0.414. The summed E-state index contributed by atoms with van der Waals surface area (Å²) in [4.78, 5) is 8.83. The Balaban J connectivity index is 1.63. The van der Waals surface area contributed by atoms with Gasteiger partial charge in [0.05, 0.1) is 6.54 Å². The van der Waals surface area contributed by atoms with Crippen molar-refractivity contribution in [2.24, 2.45) is 0 Å². The van der Waals surface area contributed by atoms with E-state index in [0.29, 0.717) is 11.7 Å². The Hall–Kier alpha value is -2.69. The number of pyridine rings is 1. The average molecular weight is 277 g/mol. The van der Waals surface area contributed by atoms with Crippen LogP contribution in [0, 0.1) is 0 Å². The molecule has 5 nitrogen and oxygen atoms in total. The number of aromatic nitrogens is 4. The molecule has 104 valence electrons. The summed E-state index contributed by atoms with van der Waals surface area (Å²) in [5, 5.41) is 7.94. The largest absolute Gasteiger partial charge is 0.354 e. The second-order valence-electron chi connectivity index (χ2n) is 5.14. The van der Waals surface area contributed by atoms with Crippen LogP contribution in [0.1, 0.15) is 11.5 Å². The zero-order chi connectivity index (χ0) is 14.1. The Bertz CT molecular complexity index is 736. The van der Waals surface area contributed by atoms with Gasteiger partial charge in [0.15, 0.2) is 0 Å². The van der Waals surface area contributed by atoms with E-state index in [2.05, 4.69) is 44.6 Å². The molecule has 1 aromatic carbocycles. The first kappa shape index (κ1) is 12.1. The molecule has 2 aromatic heterocycles. The molecule has 3 heterocycles. The second kappa shape index (κ2) is 5.01. The zero-order valence-electron chi connectivity index (χ0n) is 11.5. The molecule has 1 N–H and O–H groups in total. The van der Waals surface area contributed by atoms with E-state index in [-0.39, 0.29) is 0 Å². The normalized spacial score (nSPS) is 17.0. The minimum atomic E-state index is 0.414. The lowest BCUT2D eigenvalue weighted by Crippen LogP contribution is -2.26. The van der Waals surface area contributed by atoms with Gasteiger partial charge in [0.2, 0.25) is 11.8 Å². The number of rotatable bonds is 2. The lowest BCUT2D eigenvalue weighted by atomic mass is 9.98. The number of nitrogens with zero attached hydrogens (tertiary/aromatic N) is 4. The molecule has 1 aliphatic heterocycles. The fourth-order valence-electron chi connectivity index (χ4n) is 2.64. The van der Waals surface area contributed by atoms with Crippen LogP contribution in [0.3, 0.4) is 0 Å². The lowest BCUT2D eigenvalue weighted by molar-refractivity contribution is 0.504. The Kier molecular flexibility index (Phi) is 2.88. The average Bonchev–Trinajstić information content (AvgIpc) is 2.99. The van der Waals surface area contributed by atoms with Gasteiger partial charge in [-0.15, -0.1) is 5.10 Å². The maximum atomic E-state index is 4.58. The summed E-state index contributed by atoms with van der Waals surface area (Å²) in [5.74, 6) is 1.91. The first-order chi connectivity index (χ1) is 10.4. The number of hydrogen-bond acceptors (Lipinski definition) is 4. The smallest absolute Gasteiger partial charge is 0.221 e. The lowest BCUT2D eigenvalue weighted by Gasteiger charge is -2.23. The van der Waals surface area contributed by atoms with Crippen molar-refractivity contribution in [2.75, 3.05) is 11.9 Å². The highest BCUT2D eigenvalue weighted by molar-refractivity contribution is 5.51. The highest BCUT2D eigenvalue weighted by Gasteiger charge is 2.22. The number of anilines is 1. The van der Waals surface area contributed by atoms with Crippen molar-refractivity contribution in [3.8, 4) is 11.5 Å². The van der Waals surface area contributed by atoms with Gasteiger partial charge < -0.3 is 5.32 Å². The molecular formula is C16H15N5. The van der Waals surface area contributed by atoms with Crippen molar-refractivity contribution in [3.63, 3.8) is 0 Å². The molecule has 0 saturated heterocycles. The Labute approximate surface area is 122 Å². The minimum Gasteiger partial charge on any atom is -0.354 e. The van der Waals surface area contributed by atoms with Crippen LogP contribution >= 0.6 is 0 Å². The van der Waals surface area contributed by atoms with E-state index < -0.39 is 0 Å². The van der Waals surface area contributed by atoms with E-state index in [1.807, 2.05) is 28.9 Å². The van der Waals surface area contributed by atoms with Crippen molar-refractivity contribution in [1.82, 2.24) is 19.7 Å². The standard InChI is InChI=1S/C16H15N5/c1-2-6-12(7-3-1)13-10-18-16-19-15(20-21(16)11-13)14-8-4-5-9-17-14/h1-9,13H,10-11H2,(H,18,19,20). The van der Waals surface area contributed by atoms with Crippen LogP contribution in [-0.2, 0) is 6.54 Å². The monoisotopic (exact) mass is 277 g/mol. The summed E-state index contributed by atoms with van der Waals surface area (Å²) in [6, 6.07) is 16.3. The van der Waals surface area contributed by atoms with Crippen LogP contribution in [0.5, 0.6) is 0 Å². The van der Waals surface area contributed by atoms with Crippen molar-refractivity contribution >= 4 is 5.95 Å². The van der Waals surface area contributed by atoms with E-state index in [1.165, 1.54) is 5.56 Å². The van der Waals surface area contributed by atoms with Crippen LogP contribution in [0.2, 0.25) is 0 Å². The van der Waals surface area contributed by atoms with Crippen LogP contribution in [0.4, 0.5) is 5.95 Å². The third kappa shape index (κ3) is 2.27. The van der Waals surface area contributed by atoms with Crippen molar-refractivity contribution < 1.29 is 0 Å². The predicted octanol–water partition coefficient (Wildman–Crippen LogP) is 2.55. The van der Waals surface area contributed by atoms with E-state index in [9.17, 15) is 0 Å². The van der Waals surface area contributed by atoms with E-state index in [1.54, 1.807) is 6.20 Å². The first-order valence-corrected chi connectivity index (χ1v) is 7.05. The predicted molar refractivity (Wildman–Crippen MR) is 80.9 cm³/mol. The quantitative estimate of drug-likeness (QED) is 0.782. The summed E-state index contributed by atoms with van der Waals surface area (Å²) < 4.78 is 1.94. The van der Waals surface area contributed by atoms with Crippen molar-refractivity contribution in [1.29, 1.82) is 0 Å². The van der Waals surface area contributed by atoms with Crippen LogP contribution in [-0.4, -0.2) is 26.3 Å². The van der Waals surface area contributed by atoms with Gasteiger partial charge in [0.1, 0.15) is 5.69 Å². The van der Waals surface area contributed by atoms with Crippen molar-refractivity contribution in [3.05, 3.63) is 60.3 Å². The van der Waals surface area contributed by atoms with Crippen LogP contribution < -0.4 is 5.32 Å². The maximum absolute atomic E-state index is 4.58. The molecule has 4 rings (SSSR count). The fourth-order valence-corrected chi connectivity index (χ4v) is 2.64. The third-order valence-electron chi connectivity index (χ3n) is 3.74. The van der Waals surface area contributed by atoms with Gasteiger partial charge in [-0.25, -0.2) is 4.68 Å². The van der Waals surface area contributed by atoms with Crippen molar-refractivity contribution in [2.45, 2.75) is 12.5 Å². The highest BCUT2D eigenvalue weighted by Crippen LogP contribution is 2.25. The molecule has 0 fully saturated rings. The molecule has 1 atom stereocenters. The molecule has 0 amide bonds. The Morgan fingerprint density at radius 3 is 2.71 bits per heavy atom. The SMILES string of the molecule is c1ccc(C2CNc3nc(-c4ccccn4)nn3C2)cc1. The zero-order valence-corrected chi connectivity index (χ0v) is 11.5. The Morgan fingerprint density at radius 1 is 1.05 bits per heavy atom. The number of benzene rings is 1. The first-order valence-electron chi connectivity index (χ1n) is 7.05. The molecular weight excluding hydrogens is 262 g/mol.